The van der Waals surface area contributed by atoms with Crippen molar-refractivity contribution in [1.82, 2.24) is 9.80 Å². The highest BCUT2D eigenvalue weighted by molar-refractivity contribution is 7.99. The normalized spacial score (nSPS) is 18.7. The van der Waals surface area contributed by atoms with E-state index in [0.29, 0.717) is 12.5 Å². The zero-order valence-electron chi connectivity index (χ0n) is 19.3. The molecule has 0 saturated carbocycles. The molecule has 2 aromatic carbocycles. The molecule has 35 heavy (non-hydrogen) atoms. The van der Waals surface area contributed by atoms with E-state index in [1.165, 1.54) is 23.9 Å². The summed E-state index contributed by atoms with van der Waals surface area (Å²) < 4.78 is 79.5. The Bertz CT molecular complexity index is 1210. The molecule has 0 spiro atoms. The van der Waals surface area contributed by atoms with E-state index in [0.717, 1.165) is 53.5 Å². The molecular formula is C21H27ClF2N2O6S3. The van der Waals surface area contributed by atoms with E-state index in [1.807, 2.05) is 6.07 Å². The van der Waals surface area contributed by atoms with Crippen LogP contribution >= 0.6 is 23.4 Å². The van der Waals surface area contributed by atoms with Gasteiger partial charge >= 0.3 is 0 Å². The predicted octanol–water partition coefficient (Wildman–Crippen LogP) is 3.62. The summed E-state index contributed by atoms with van der Waals surface area (Å²) in [4.78, 5) is 6.44. The molecule has 4 rings (SSSR count). The van der Waals surface area contributed by atoms with Crippen LogP contribution < -0.4 is 0 Å². The van der Waals surface area contributed by atoms with Crippen LogP contribution in [0.3, 0.4) is 0 Å². The molecule has 2 aromatic rings. The molecule has 1 saturated heterocycles. The maximum Gasteiger partial charge on any atom is 0.261 e. The number of hydrogen-bond donors (Lipinski definition) is 2. The van der Waals surface area contributed by atoms with Gasteiger partial charge in [-0.05, 0) is 48.9 Å². The van der Waals surface area contributed by atoms with Crippen molar-refractivity contribution in [3.8, 4) is 0 Å². The Hall–Kier alpha value is -1.32. The standard InChI is InChI=1S/C19H19ClF2N2S.2CH4O3S/c1-23-4-6-24(7-5-23)17-8-12-2-3-13(21)9-18(12)25-19-11-16(22)15(20)10-14(17)19;2*1-5(2,3)4/h2-3,9-11,17H,4-8H2,1H3;2*1H3,(H,2,3,4). The Labute approximate surface area is 213 Å². The van der Waals surface area contributed by atoms with Gasteiger partial charge in [-0.2, -0.15) is 16.8 Å². The van der Waals surface area contributed by atoms with Gasteiger partial charge in [-0.3, -0.25) is 14.0 Å². The van der Waals surface area contributed by atoms with Gasteiger partial charge in [-0.15, -0.1) is 0 Å². The second-order valence-electron chi connectivity index (χ2n) is 8.18. The van der Waals surface area contributed by atoms with Gasteiger partial charge in [0.2, 0.25) is 0 Å². The van der Waals surface area contributed by atoms with Crippen molar-refractivity contribution in [2.24, 2.45) is 0 Å². The van der Waals surface area contributed by atoms with Crippen LogP contribution in [0.4, 0.5) is 8.78 Å². The Kier molecular flexibility index (Phi) is 10.5. The lowest BCUT2D eigenvalue weighted by Crippen LogP contribution is -2.46. The first-order valence-electron chi connectivity index (χ1n) is 10.2. The molecule has 2 aliphatic heterocycles. The Morgan fingerprint density at radius 2 is 1.49 bits per heavy atom. The van der Waals surface area contributed by atoms with Gasteiger partial charge in [0, 0.05) is 42.0 Å². The molecule has 1 atom stereocenters. The van der Waals surface area contributed by atoms with Crippen LogP contribution in [0.15, 0.2) is 40.1 Å². The lowest BCUT2D eigenvalue weighted by Gasteiger charge is -2.38. The Morgan fingerprint density at radius 1 is 0.943 bits per heavy atom. The quantitative estimate of drug-likeness (QED) is 0.494. The third-order valence-corrected chi connectivity index (χ3v) is 6.52. The lowest BCUT2D eigenvalue weighted by molar-refractivity contribution is 0.110. The van der Waals surface area contributed by atoms with E-state index < -0.39 is 26.1 Å². The van der Waals surface area contributed by atoms with Crippen LogP contribution in [0.25, 0.3) is 0 Å². The van der Waals surface area contributed by atoms with Gasteiger partial charge in [0.25, 0.3) is 20.2 Å². The van der Waals surface area contributed by atoms with E-state index >= 15 is 0 Å². The largest absolute Gasteiger partial charge is 0.304 e. The van der Waals surface area contributed by atoms with Crippen LogP contribution in [-0.4, -0.2) is 81.5 Å². The lowest BCUT2D eigenvalue weighted by atomic mass is 9.96. The van der Waals surface area contributed by atoms with E-state index in [1.54, 1.807) is 12.1 Å². The van der Waals surface area contributed by atoms with Gasteiger partial charge in [0.1, 0.15) is 11.6 Å². The zero-order valence-corrected chi connectivity index (χ0v) is 22.5. The smallest absolute Gasteiger partial charge is 0.261 e. The van der Waals surface area contributed by atoms with Gasteiger partial charge in [0.05, 0.1) is 17.5 Å². The molecule has 8 nitrogen and oxygen atoms in total. The maximum atomic E-state index is 14.1. The summed E-state index contributed by atoms with van der Waals surface area (Å²) in [5.41, 5.74) is 2.14. The van der Waals surface area contributed by atoms with E-state index in [2.05, 4.69) is 16.8 Å². The number of halogens is 3. The van der Waals surface area contributed by atoms with Crippen LogP contribution in [0, 0.1) is 11.6 Å². The molecule has 0 radical (unpaired) electrons. The first-order chi connectivity index (χ1) is 16.0. The number of piperazine rings is 1. The molecule has 14 heteroatoms. The van der Waals surface area contributed by atoms with Crippen molar-refractivity contribution in [2.45, 2.75) is 22.3 Å². The SMILES string of the molecule is CN1CCN(C2Cc3ccc(F)cc3Sc3cc(F)c(Cl)cc32)CC1.CS(=O)(=O)O.CS(=O)(=O)O. The summed E-state index contributed by atoms with van der Waals surface area (Å²) in [6, 6.07) is 8.27. The summed E-state index contributed by atoms with van der Waals surface area (Å²) in [6.07, 6.45) is 2.21. The van der Waals surface area contributed by atoms with E-state index in [-0.39, 0.29) is 16.9 Å². The third-order valence-electron chi connectivity index (χ3n) is 5.05. The molecule has 0 aliphatic carbocycles. The van der Waals surface area contributed by atoms with Crippen LogP contribution in [-0.2, 0) is 26.7 Å². The highest BCUT2D eigenvalue weighted by Gasteiger charge is 2.30. The highest BCUT2D eigenvalue weighted by Crippen LogP contribution is 2.44. The summed E-state index contributed by atoms with van der Waals surface area (Å²) in [5.74, 6) is -0.690. The molecule has 2 aliphatic rings. The molecule has 0 aromatic heterocycles. The minimum Gasteiger partial charge on any atom is -0.304 e. The number of benzene rings is 2. The summed E-state index contributed by atoms with van der Waals surface area (Å²) >= 11 is 7.52. The predicted molar refractivity (Wildman–Crippen MR) is 132 cm³/mol. The highest BCUT2D eigenvalue weighted by atomic mass is 35.5. The minimum absolute atomic E-state index is 0.126. The first-order valence-corrected chi connectivity index (χ1v) is 15.1. The van der Waals surface area contributed by atoms with E-state index in [9.17, 15) is 25.6 Å². The van der Waals surface area contributed by atoms with Crippen molar-refractivity contribution >= 4 is 43.6 Å². The van der Waals surface area contributed by atoms with Crippen LogP contribution in [0.5, 0.6) is 0 Å². The average molecular weight is 573 g/mol. The summed E-state index contributed by atoms with van der Waals surface area (Å²) in [5, 5.41) is 0.149. The van der Waals surface area contributed by atoms with Gasteiger partial charge < -0.3 is 4.90 Å². The molecule has 1 unspecified atom stereocenters. The number of rotatable bonds is 1. The van der Waals surface area contributed by atoms with Crippen molar-refractivity contribution in [1.29, 1.82) is 0 Å². The van der Waals surface area contributed by atoms with Crippen molar-refractivity contribution in [3.05, 3.63) is 58.1 Å². The van der Waals surface area contributed by atoms with Crippen molar-refractivity contribution < 1.29 is 34.7 Å². The molecule has 2 heterocycles. The fraction of sp³-hybridized carbons (Fsp3) is 0.429. The maximum absolute atomic E-state index is 14.1. The van der Waals surface area contributed by atoms with Gasteiger partial charge in [-0.25, -0.2) is 8.78 Å². The summed E-state index contributed by atoms with van der Waals surface area (Å²) in [7, 11) is -5.21. The minimum atomic E-state index is -3.67. The number of hydrogen-bond acceptors (Lipinski definition) is 7. The average Bonchev–Trinajstić information content (AvgIpc) is 2.83. The molecule has 1 fully saturated rings. The molecule has 196 valence electrons. The van der Waals surface area contributed by atoms with Gasteiger partial charge in [-0.1, -0.05) is 29.4 Å². The van der Waals surface area contributed by atoms with Crippen LogP contribution in [0.1, 0.15) is 17.2 Å². The molecule has 2 N–H and O–H groups in total. The Balaban J connectivity index is 0.000000368. The Morgan fingerprint density at radius 3 is 2.03 bits per heavy atom. The third kappa shape index (κ3) is 10.7. The zero-order chi connectivity index (χ0) is 26.6. The second-order valence-corrected chi connectivity index (χ2v) is 12.6. The van der Waals surface area contributed by atoms with Crippen molar-refractivity contribution in [2.75, 3.05) is 45.7 Å². The fourth-order valence-corrected chi connectivity index (χ4v) is 4.92. The van der Waals surface area contributed by atoms with Crippen LogP contribution in [0.2, 0.25) is 5.02 Å². The monoisotopic (exact) mass is 572 g/mol. The number of likely N-dealkylation sites (N-methyl/N-ethyl adjacent to an activating group) is 1. The van der Waals surface area contributed by atoms with E-state index in [4.69, 9.17) is 20.7 Å². The van der Waals surface area contributed by atoms with Gasteiger partial charge in [0.15, 0.2) is 0 Å². The van der Waals surface area contributed by atoms with Crippen molar-refractivity contribution in [3.63, 3.8) is 0 Å². The second kappa shape index (κ2) is 12.3. The number of fused-ring (bicyclic) bond motifs is 2. The number of nitrogens with zero attached hydrogens (tertiary/aromatic N) is 2. The molecule has 0 amide bonds. The first kappa shape index (κ1) is 29.9. The fourth-order valence-electron chi connectivity index (χ4n) is 3.58. The molecular weight excluding hydrogens is 546 g/mol. The molecule has 0 bridgehead atoms. The summed E-state index contributed by atoms with van der Waals surface area (Å²) in [6.45, 7) is 3.92. The topological polar surface area (TPSA) is 115 Å².